The van der Waals surface area contributed by atoms with Crippen LogP contribution in [-0.2, 0) is 6.42 Å². The van der Waals surface area contributed by atoms with Crippen LogP contribution in [0.25, 0.3) is 0 Å². The fourth-order valence-corrected chi connectivity index (χ4v) is 0.908. The summed E-state index contributed by atoms with van der Waals surface area (Å²) in [6.45, 7) is 6.23. The van der Waals surface area contributed by atoms with E-state index in [0.717, 1.165) is 17.9 Å². The molecule has 0 aliphatic rings. The van der Waals surface area contributed by atoms with E-state index in [1.807, 2.05) is 6.20 Å². The van der Waals surface area contributed by atoms with E-state index < -0.39 is 0 Å². The second-order valence-corrected chi connectivity index (χ2v) is 3.05. The zero-order valence-electron chi connectivity index (χ0n) is 7.83. The van der Waals surface area contributed by atoms with Gasteiger partial charge in [-0.2, -0.15) is 0 Å². The smallest absolute Gasteiger partial charge is 0.144 e. The number of nitrogens with zero attached hydrogens (tertiary/aromatic N) is 2. The summed E-state index contributed by atoms with van der Waals surface area (Å²) in [6.07, 6.45) is 4.53. The van der Waals surface area contributed by atoms with Crippen molar-refractivity contribution < 1.29 is 0 Å². The van der Waals surface area contributed by atoms with Crippen LogP contribution in [0.5, 0.6) is 0 Å². The number of anilines is 1. The quantitative estimate of drug-likeness (QED) is 0.742. The topological polar surface area (TPSA) is 37.8 Å². The average molecular weight is 165 g/mol. The van der Waals surface area contributed by atoms with Gasteiger partial charge < -0.3 is 5.32 Å². The van der Waals surface area contributed by atoms with E-state index in [9.17, 15) is 0 Å². The predicted molar refractivity (Wildman–Crippen MR) is 50.2 cm³/mol. The van der Waals surface area contributed by atoms with Crippen LogP contribution >= 0.6 is 0 Å². The maximum absolute atomic E-state index is 4.23. The number of rotatable bonds is 3. The zero-order chi connectivity index (χ0) is 8.97. The highest BCUT2D eigenvalue weighted by Crippen LogP contribution is 2.02. The average Bonchev–Trinajstić information content (AvgIpc) is 2.05. The van der Waals surface area contributed by atoms with Gasteiger partial charge in [-0.05, 0) is 20.3 Å². The summed E-state index contributed by atoms with van der Waals surface area (Å²) in [6, 6.07) is 0.409. The van der Waals surface area contributed by atoms with Crippen molar-refractivity contribution in [3.63, 3.8) is 0 Å². The maximum atomic E-state index is 4.23. The van der Waals surface area contributed by atoms with E-state index in [1.54, 1.807) is 6.20 Å². The second-order valence-electron chi connectivity index (χ2n) is 3.05. The number of aryl methyl sites for hydroxylation is 1. The van der Waals surface area contributed by atoms with E-state index in [0.29, 0.717) is 6.04 Å². The lowest BCUT2D eigenvalue weighted by Crippen LogP contribution is -2.11. The SMILES string of the molecule is CCc1cnc(NC(C)C)cn1. The summed E-state index contributed by atoms with van der Waals surface area (Å²) in [5, 5.41) is 3.18. The molecule has 0 atom stereocenters. The van der Waals surface area contributed by atoms with Crippen molar-refractivity contribution in [1.82, 2.24) is 9.97 Å². The summed E-state index contributed by atoms with van der Waals surface area (Å²) < 4.78 is 0. The van der Waals surface area contributed by atoms with Gasteiger partial charge in [-0.1, -0.05) is 6.92 Å². The first-order chi connectivity index (χ1) is 5.72. The Bertz CT molecular complexity index is 228. The third-order valence-corrected chi connectivity index (χ3v) is 1.50. The van der Waals surface area contributed by atoms with Gasteiger partial charge in [0.2, 0.25) is 0 Å². The lowest BCUT2D eigenvalue weighted by molar-refractivity contribution is 0.879. The van der Waals surface area contributed by atoms with Gasteiger partial charge in [0.25, 0.3) is 0 Å². The van der Waals surface area contributed by atoms with Crippen molar-refractivity contribution >= 4 is 5.82 Å². The highest BCUT2D eigenvalue weighted by atomic mass is 15.0. The summed E-state index contributed by atoms with van der Waals surface area (Å²) in [5.41, 5.74) is 1.03. The summed E-state index contributed by atoms with van der Waals surface area (Å²) in [7, 11) is 0. The first-order valence-electron chi connectivity index (χ1n) is 4.29. The molecular weight excluding hydrogens is 150 g/mol. The Morgan fingerprint density at radius 1 is 1.33 bits per heavy atom. The molecule has 0 saturated heterocycles. The molecule has 0 unspecified atom stereocenters. The maximum Gasteiger partial charge on any atom is 0.144 e. The minimum absolute atomic E-state index is 0.409. The van der Waals surface area contributed by atoms with Crippen LogP contribution < -0.4 is 5.32 Å². The summed E-state index contributed by atoms with van der Waals surface area (Å²) >= 11 is 0. The largest absolute Gasteiger partial charge is 0.367 e. The molecule has 1 N–H and O–H groups in total. The van der Waals surface area contributed by atoms with Gasteiger partial charge in [0, 0.05) is 6.04 Å². The molecule has 0 bridgehead atoms. The van der Waals surface area contributed by atoms with Crippen molar-refractivity contribution in [1.29, 1.82) is 0 Å². The second kappa shape index (κ2) is 4.04. The lowest BCUT2D eigenvalue weighted by atomic mass is 10.3. The van der Waals surface area contributed by atoms with Crippen LogP contribution in [0, 0.1) is 0 Å². The molecule has 66 valence electrons. The van der Waals surface area contributed by atoms with E-state index in [1.165, 1.54) is 0 Å². The third-order valence-electron chi connectivity index (χ3n) is 1.50. The highest BCUT2D eigenvalue weighted by molar-refractivity contribution is 5.31. The summed E-state index contributed by atoms with van der Waals surface area (Å²) in [5.74, 6) is 0.849. The Kier molecular flexibility index (Phi) is 3.02. The molecule has 1 aromatic heterocycles. The molecule has 1 rings (SSSR count). The molecule has 0 radical (unpaired) electrons. The normalized spacial score (nSPS) is 10.3. The molecule has 0 aromatic carbocycles. The Labute approximate surface area is 73.2 Å². The number of hydrogen-bond donors (Lipinski definition) is 1. The Morgan fingerprint density at radius 2 is 2.08 bits per heavy atom. The third kappa shape index (κ3) is 2.49. The monoisotopic (exact) mass is 165 g/mol. The van der Waals surface area contributed by atoms with Gasteiger partial charge in [-0.25, -0.2) is 4.98 Å². The van der Waals surface area contributed by atoms with Crippen molar-refractivity contribution in [2.45, 2.75) is 33.2 Å². The van der Waals surface area contributed by atoms with Crippen molar-refractivity contribution in [2.24, 2.45) is 0 Å². The van der Waals surface area contributed by atoms with Crippen LogP contribution in [0.4, 0.5) is 5.82 Å². The van der Waals surface area contributed by atoms with Gasteiger partial charge in [0.05, 0.1) is 18.1 Å². The number of hydrogen-bond acceptors (Lipinski definition) is 3. The molecule has 0 amide bonds. The van der Waals surface area contributed by atoms with Crippen LogP contribution in [0.2, 0.25) is 0 Å². The Balaban J connectivity index is 2.65. The number of nitrogens with one attached hydrogen (secondary N) is 1. The van der Waals surface area contributed by atoms with Gasteiger partial charge in [0.1, 0.15) is 5.82 Å². The van der Waals surface area contributed by atoms with E-state index in [2.05, 4.69) is 36.1 Å². The highest BCUT2D eigenvalue weighted by Gasteiger charge is 1.96. The van der Waals surface area contributed by atoms with Crippen molar-refractivity contribution in [2.75, 3.05) is 5.32 Å². The minimum Gasteiger partial charge on any atom is -0.367 e. The van der Waals surface area contributed by atoms with Gasteiger partial charge >= 0.3 is 0 Å². The van der Waals surface area contributed by atoms with E-state index in [-0.39, 0.29) is 0 Å². The molecule has 0 spiro atoms. The Morgan fingerprint density at radius 3 is 2.50 bits per heavy atom. The van der Waals surface area contributed by atoms with Crippen molar-refractivity contribution in [3.05, 3.63) is 18.1 Å². The molecule has 3 nitrogen and oxygen atoms in total. The fourth-order valence-electron chi connectivity index (χ4n) is 0.908. The van der Waals surface area contributed by atoms with E-state index in [4.69, 9.17) is 0 Å². The van der Waals surface area contributed by atoms with Gasteiger partial charge in [0.15, 0.2) is 0 Å². The molecule has 0 aliphatic carbocycles. The molecule has 0 fully saturated rings. The first kappa shape index (κ1) is 8.97. The van der Waals surface area contributed by atoms with Crippen molar-refractivity contribution in [3.8, 4) is 0 Å². The molecule has 0 saturated carbocycles. The molecule has 3 heteroatoms. The van der Waals surface area contributed by atoms with Crippen LogP contribution in [0.1, 0.15) is 26.5 Å². The van der Waals surface area contributed by atoms with Crippen LogP contribution in [0.3, 0.4) is 0 Å². The summed E-state index contributed by atoms with van der Waals surface area (Å²) in [4.78, 5) is 8.44. The van der Waals surface area contributed by atoms with Gasteiger partial charge in [-0.15, -0.1) is 0 Å². The standard InChI is InChI=1S/C9H15N3/c1-4-8-5-11-9(6-10-8)12-7(2)3/h5-7H,4H2,1-3H3,(H,11,12). The van der Waals surface area contributed by atoms with Gasteiger partial charge in [-0.3, -0.25) is 4.98 Å². The predicted octanol–water partition coefficient (Wildman–Crippen LogP) is 1.86. The lowest BCUT2D eigenvalue weighted by Gasteiger charge is -2.07. The molecular formula is C9H15N3. The van der Waals surface area contributed by atoms with Crippen LogP contribution in [0.15, 0.2) is 12.4 Å². The van der Waals surface area contributed by atoms with E-state index >= 15 is 0 Å². The minimum atomic E-state index is 0.409. The zero-order valence-corrected chi connectivity index (χ0v) is 7.83. The molecule has 1 aromatic rings. The number of aromatic nitrogens is 2. The molecule has 12 heavy (non-hydrogen) atoms. The first-order valence-corrected chi connectivity index (χ1v) is 4.29. The van der Waals surface area contributed by atoms with Crippen LogP contribution in [-0.4, -0.2) is 16.0 Å². The fraction of sp³-hybridized carbons (Fsp3) is 0.556. The Hall–Kier alpha value is -1.12. The molecule has 0 aliphatic heterocycles. The molecule has 1 heterocycles.